The van der Waals surface area contributed by atoms with Gasteiger partial charge in [-0.1, -0.05) is 12.1 Å². The summed E-state index contributed by atoms with van der Waals surface area (Å²) in [5.41, 5.74) is 3.74. The fourth-order valence-electron chi connectivity index (χ4n) is 4.76. The maximum absolute atomic E-state index is 12.9. The minimum Gasteiger partial charge on any atom is -0.495 e. The Hall–Kier alpha value is -3.66. The number of likely N-dealkylation sites (tertiary alicyclic amines) is 1. The molecule has 2 aromatic rings. The molecule has 3 aliphatic heterocycles. The van der Waals surface area contributed by atoms with Gasteiger partial charge in [0.05, 0.1) is 24.8 Å². The van der Waals surface area contributed by atoms with Crippen LogP contribution < -0.4 is 4.74 Å². The van der Waals surface area contributed by atoms with E-state index >= 15 is 0 Å². The van der Waals surface area contributed by atoms with Crippen LogP contribution in [-0.4, -0.2) is 62.5 Å². The van der Waals surface area contributed by atoms with Crippen molar-refractivity contribution in [3.05, 3.63) is 52.9 Å². The first-order valence-corrected chi connectivity index (χ1v) is 12.8. The number of aryl methyl sites for hydroxylation is 1. The highest BCUT2D eigenvalue weighted by Crippen LogP contribution is 2.32. The van der Waals surface area contributed by atoms with Gasteiger partial charge in [-0.15, -0.1) is 0 Å². The number of piperidine rings is 1. The van der Waals surface area contributed by atoms with Gasteiger partial charge in [0.2, 0.25) is 11.1 Å². The minimum atomic E-state index is -0.486. The molecular weight excluding hydrogens is 476 g/mol. The van der Waals surface area contributed by atoms with Gasteiger partial charge in [-0.05, 0) is 74.7 Å². The summed E-state index contributed by atoms with van der Waals surface area (Å²) in [5.74, 6) is 0.239. The molecule has 36 heavy (non-hydrogen) atoms. The summed E-state index contributed by atoms with van der Waals surface area (Å²) < 4.78 is 7.59. The summed E-state index contributed by atoms with van der Waals surface area (Å²) in [6, 6.07) is 9.71. The number of nitrogens with one attached hydrogen (secondary N) is 1. The molecule has 0 aliphatic carbocycles. The number of hydrazone groups is 1. The first-order chi connectivity index (χ1) is 17.4. The van der Waals surface area contributed by atoms with Crippen LogP contribution in [0.2, 0.25) is 0 Å². The fourth-order valence-corrected chi connectivity index (χ4v) is 5.64. The number of methoxy groups -OCH3 is 1. The van der Waals surface area contributed by atoms with Gasteiger partial charge in [0.1, 0.15) is 10.8 Å². The summed E-state index contributed by atoms with van der Waals surface area (Å²) >= 11 is 1.19. The van der Waals surface area contributed by atoms with Crippen LogP contribution in [0.15, 0.2) is 46.0 Å². The van der Waals surface area contributed by atoms with E-state index in [-0.39, 0.29) is 23.7 Å². The Bertz CT molecular complexity index is 1350. The number of benzene rings is 1. The summed E-state index contributed by atoms with van der Waals surface area (Å²) in [7, 11) is 1.64. The number of hydrogen-bond acceptors (Lipinski definition) is 6. The van der Waals surface area contributed by atoms with Gasteiger partial charge in [-0.2, -0.15) is 15.1 Å². The molecule has 1 aromatic carbocycles. The molecule has 0 spiro atoms. The lowest BCUT2D eigenvalue weighted by molar-refractivity contribution is -0.130. The molecule has 4 heterocycles. The maximum atomic E-state index is 12.9. The number of rotatable bonds is 5. The van der Waals surface area contributed by atoms with E-state index in [0.29, 0.717) is 10.2 Å². The third kappa shape index (κ3) is 4.37. The Morgan fingerprint density at radius 3 is 2.69 bits per heavy atom. The van der Waals surface area contributed by atoms with Crippen LogP contribution in [0.25, 0.3) is 11.8 Å². The van der Waals surface area contributed by atoms with Crippen molar-refractivity contribution < 1.29 is 14.3 Å². The zero-order valence-corrected chi connectivity index (χ0v) is 21.4. The normalized spacial score (nSPS) is 18.9. The number of thioether (sulfide) groups is 1. The smallest absolute Gasteiger partial charge is 0.283 e. The number of nitrogens with zero attached hydrogens (tertiary/aromatic N) is 5. The molecule has 3 aliphatic rings. The summed E-state index contributed by atoms with van der Waals surface area (Å²) in [5, 5.41) is 15.4. The molecular formula is C26H28N6O3S. The number of hydrogen-bond donors (Lipinski definition) is 1. The number of carbonyl (C=O) groups is 2. The maximum Gasteiger partial charge on any atom is 0.283 e. The van der Waals surface area contributed by atoms with Gasteiger partial charge < -0.3 is 14.2 Å². The molecule has 0 bridgehead atoms. The van der Waals surface area contributed by atoms with Crippen molar-refractivity contribution in [3.63, 3.8) is 0 Å². The topological polar surface area (TPSA) is 103 Å². The standard InChI is InChI=1S/C26H28N6O3S/c1-16-13-18(17(2)31(16)20-9-5-6-10-21(20)35-3)14-19-24(27)32-26(28-25(19)34)36-22(29-32)15-23(33)30-11-7-4-8-12-30/h5-6,9-10,13-14,27H,4,7-8,11-12,15H2,1-3H3/b19-14-,27-24?. The molecule has 1 fully saturated rings. The van der Waals surface area contributed by atoms with Crippen LogP contribution in [0, 0.1) is 19.3 Å². The van der Waals surface area contributed by atoms with Crippen LogP contribution in [0.5, 0.6) is 5.75 Å². The summed E-state index contributed by atoms with van der Waals surface area (Å²) in [6.45, 7) is 5.50. The van der Waals surface area contributed by atoms with E-state index in [0.717, 1.165) is 60.7 Å². The predicted octanol–water partition coefficient (Wildman–Crippen LogP) is 4.12. The zero-order valence-electron chi connectivity index (χ0n) is 20.6. The average Bonchev–Trinajstić information content (AvgIpc) is 3.41. The average molecular weight is 505 g/mol. The number of para-hydroxylation sites is 2. The van der Waals surface area contributed by atoms with Gasteiger partial charge in [0, 0.05) is 24.5 Å². The molecule has 0 unspecified atom stereocenters. The Labute approximate surface area is 214 Å². The highest BCUT2D eigenvalue weighted by Gasteiger charge is 2.36. The van der Waals surface area contributed by atoms with Gasteiger partial charge in [-0.25, -0.2) is 0 Å². The molecule has 1 saturated heterocycles. The van der Waals surface area contributed by atoms with Gasteiger partial charge in [0.15, 0.2) is 5.84 Å². The number of aromatic nitrogens is 1. The minimum absolute atomic E-state index is 0.0267. The van der Waals surface area contributed by atoms with Crippen LogP contribution in [0.3, 0.4) is 0 Å². The van der Waals surface area contributed by atoms with E-state index in [2.05, 4.69) is 14.7 Å². The van der Waals surface area contributed by atoms with Crippen LogP contribution >= 0.6 is 11.8 Å². The van der Waals surface area contributed by atoms with Gasteiger partial charge >= 0.3 is 0 Å². The molecule has 9 nitrogen and oxygen atoms in total. The third-order valence-corrected chi connectivity index (χ3v) is 7.51. The largest absolute Gasteiger partial charge is 0.495 e. The zero-order chi connectivity index (χ0) is 25.4. The Balaban J connectivity index is 1.41. The highest BCUT2D eigenvalue weighted by molar-refractivity contribution is 8.27. The van der Waals surface area contributed by atoms with Gasteiger partial charge in [-0.3, -0.25) is 15.0 Å². The van der Waals surface area contributed by atoms with E-state index in [1.807, 2.05) is 49.1 Å². The van der Waals surface area contributed by atoms with Crippen molar-refractivity contribution in [2.45, 2.75) is 39.5 Å². The Kier molecular flexibility index (Phi) is 6.53. The summed E-state index contributed by atoms with van der Waals surface area (Å²) in [6.07, 6.45) is 5.04. The second-order valence-electron chi connectivity index (χ2n) is 8.97. The first kappa shape index (κ1) is 24.1. The van der Waals surface area contributed by atoms with E-state index in [1.54, 1.807) is 13.2 Å². The molecule has 10 heteroatoms. The molecule has 0 atom stereocenters. The number of ether oxygens (including phenoxy) is 1. The lowest BCUT2D eigenvalue weighted by Crippen LogP contribution is -2.36. The number of fused-ring (bicyclic) bond motifs is 1. The van der Waals surface area contributed by atoms with Crippen molar-refractivity contribution in [2.24, 2.45) is 10.1 Å². The monoisotopic (exact) mass is 504 g/mol. The number of amidine groups is 2. The van der Waals surface area contributed by atoms with Crippen molar-refractivity contribution in [2.75, 3.05) is 20.2 Å². The number of aliphatic imine (C=N–C) groups is 1. The Morgan fingerprint density at radius 2 is 1.94 bits per heavy atom. The second-order valence-corrected chi connectivity index (χ2v) is 10.0. The van der Waals surface area contributed by atoms with E-state index in [4.69, 9.17) is 10.1 Å². The van der Waals surface area contributed by atoms with Crippen molar-refractivity contribution >= 4 is 45.7 Å². The SMILES string of the molecule is COc1ccccc1-n1c(C)cc(/C=C2/C(=N)N3N=C(CC(=O)N4CCCCC4)SC3=NC2=O)c1C. The van der Waals surface area contributed by atoms with E-state index in [1.165, 1.54) is 16.8 Å². The molecule has 5 rings (SSSR count). The van der Waals surface area contributed by atoms with Crippen LogP contribution in [0.1, 0.15) is 42.6 Å². The van der Waals surface area contributed by atoms with Crippen molar-refractivity contribution in [1.29, 1.82) is 5.41 Å². The lowest BCUT2D eigenvalue weighted by Gasteiger charge is -2.26. The predicted molar refractivity (Wildman–Crippen MR) is 142 cm³/mol. The lowest BCUT2D eigenvalue weighted by atomic mass is 10.1. The molecule has 0 radical (unpaired) electrons. The van der Waals surface area contributed by atoms with Crippen molar-refractivity contribution in [1.82, 2.24) is 14.5 Å². The quantitative estimate of drug-likeness (QED) is 0.617. The molecule has 1 N–H and O–H groups in total. The third-order valence-electron chi connectivity index (χ3n) is 6.60. The second kappa shape index (κ2) is 9.77. The summed E-state index contributed by atoms with van der Waals surface area (Å²) in [4.78, 5) is 31.6. The fraction of sp³-hybridized carbons (Fsp3) is 0.346. The van der Waals surface area contributed by atoms with Crippen LogP contribution in [0.4, 0.5) is 0 Å². The molecule has 2 amide bonds. The van der Waals surface area contributed by atoms with Crippen molar-refractivity contribution in [3.8, 4) is 11.4 Å². The molecule has 0 saturated carbocycles. The number of amides is 2. The first-order valence-electron chi connectivity index (χ1n) is 12.0. The van der Waals surface area contributed by atoms with E-state index < -0.39 is 5.91 Å². The van der Waals surface area contributed by atoms with E-state index in [9.17, 15) is 9.59 Å². The number of carbonyl (C=O) groups excluding carboxylic acids is 2. The Morgan fingerprint density at radius 1 is 1.19 bits per heavy atom. The van der Waals surface area contributed by atoms with Gasteiger partial charge in [0.25, 0.3) is 5.91 Å². The highest BCUT2D eigenvalue weighted by atomic mass is 32.2. The molecule has 186 valence electrons. The van der Waals surface area contributed by atoms with Crippen LogP contribution in [-0.2, 0) is 9.59 Å². The molecule has 1 aromatic heterocycles.